The molecule has 20 heavy (non-hydrogen) atoms. The van der Waals surface area contributed by atoms with E-state index < -0.39 is 24.9 Å². The van der Waals surface area contributed by atoms with Crippen molar-refractivity contribution in [2.45, 2.75) is 28.9 Å². The molecule has 0 atom stereocenters. The van der Waals surface area contributed by atoms with Crippen LogP contribution in [0.2, 0.25) is 0 Å². The molecular formula is C14H16O4S2. The third kappa shape index (κ3) is 2.71. The maximum absolute atomic E-state index is 12.1. The molecular weight excluding hydrogens is 296 g/mol. The number of hydrogen-bond donors (Lipinski definition) is 0. The van der Waals surface area contributed by atoms with Gasteiger partial charge in [-0.05, 0) is 48.9 Å². The molecule has 0 aliphatic carbocycles. The largest absolute Gasteiger partial charge is 0.224 e. The molecule has 0 bridgehead atoms. The fourth-order valence-corrected chi connectivity index (χ4v) is 3.63. The van der Waals surface area contributed by atoms with Gasteiger partial charge in [-0.25, -0.2) is 16.8 Å². The summed E-state index contributed by atoms with van der Waals surface area (Å²) >= 11 is 0. The van der Waals surface area contributed by atoms with E-state index in [9.17, 15) is 16.8 Å². The molecule has 2 rings (SSSR count). The molecule has 0 fully saturated rings. The maximum atomic E-state index is 12.1. The number of sulfone groups is 2. The Morgan fingerprint density at radius 3 is 1.70 bits per heavy atom. The van der Waals surface area contributed by atoms with Gasteiger partial charge in [0, 0.05) is 6.26 Å². The van der Waals surface area contributed by atoms with Gasteiger partial charge in [-0.1, -0.05) is 12.1 Å². The molecule has 4 nitrogen and oxygen atoms in total. The fraction of sp³-hybridized carbons (Fsp3) is 0.286. The third-order valence-electron chi connectivity index (χ3n) is 3.16. The van der Waals surface area contributed by atoms with Crippen molar-refractivity contribution in [1.82, 2.24) is 0 Å². The maximum Gasteiger partial charge on any atom is 0.180 e. The third-order valence-corrected chi connectivity index (χ3v) is 6.42. The summed E-state index contributed by atoms with van der Waals surface area (Å²) in [6.45, 7) is 3.26. The summed E-state index contributed by atoms with van der Waals surface area (Å²) in [5, 5.41) is 0.921. The van der Waals surface area contributed by atoms with Gasteiger partial charge < -0.3 is 0 Å². The van der Waals surface area contributed by atoms with Crippen LogP contribution in [-0.2, 0) is 19.7 Å². The van der Waals surface area contributed by atoms with E-state index in [0.717, 1.165) is 6.26 Å². The highest BCUT2D eigenvalue weighted by atomic mass is 32.2. The molecule has 0 unspecified atom stereocenters. The van der Waals surface area contributed by atoms with Crippen molar-refractivity contribution in [3.05, 3.63) is 36.4 Å². The zero-order valence-corrected chi connectivity index (χ0v) is 13.1. The van der Waals surface area contributed by atoms with Crippen molar-refractivity contribution in [3.63, 3.8) is 0 Å². The number of rotatable bonds is 3. The van der Waals surface area contributed by atoms with Crippen LogP contribution in [0.25, 0.3) is 10.8 Å². The quantitative estimate of drug-likeness (QED) is 0.873. The van der Waals surface area contributed by atoms with Crippen LogP contribution in [0.5, 0.6) is 0 Å². The van der Waals surface area contributed by atoms with Gasteiger partial charge in [0.1, 0.15) is 0 Å². The van der Waals surface area contributed by atoms with Gasteiger partial charge in [0.15, 0.2) is 19.7 Å². The summed E-state index contributed by atoms with van der Waals surface area (Å²) in [7, 11) is -6.59. The van der Waals surface area contributed by atoms with Gasteiger partial charge >= 0.3 is 0 Å². The van der Waals surface area contributed by atoms with Crippen LogP contribution < -0.4 is 0 Å². The summed E-state index contributed by atoms with van der Waals surface area (Å²) in [4.78, 5) is 0.483. The van der Waals surface area contributed by atoms with Crippen LogP contribution in [0.3, 0.4) is 0 Å². The van der Waals surface area contributed by atoms with E-state index in [1.54, 1.807) is 38.1 Å². The Morgan fingerprint density at radius 1 is 0.800 bits per heavy atom. The number of hydrogen-bond acceptors (Lipinski definition) is 4. The molecule has 0 aliphatic heterocycles. The summed E-state index contributed by atoms with van der Waals surface area (Å²) in [6.07, 6.45) is 1.14. The second-order valence-electron chi connectivity index (χ2n) is 5.04. The van der Waals surface area contributed by atoms with E-state index >= 15 is 0 Å². The Bertz CT molecular complexity index is 863. The number of fused-ring (bicyclic) bond motifs is 1. The molecule has 0 aliphatic rings. The van der Waals surface area contributed by atoms with Gasteiger partial charge in [-0.2, -0.15) is 0 Å². The minimum absolute atomic E-state index is 0.226. The predicted molar refractivity (Wildman–Crippen MR) is 79.4 cm³/mol. The summed E-state index contributed by atoms with van der Waals surface area (Å²) < 4.78 is 47.2. The zero-order valence-electron chi connectivity index (χ0n) is 11.5. The van der Waals surface area contributed by atoms with E-state index in [1.165, 1.54) is 12.1 Å². The van der Waals surface area contributed by atoms with E-state index in [-0.39, 0.29) is 9.79 Å². The topological polar surface area (TPSA) is 68.3 Å². The summed E-state index contributed by atoms with van der Waals surface area (Å²) in [6, 6.07) is 9.41. The van der Waals surface area contributed by atoms with Crippen molar-refractivity contribution in [2.24, 2.45) is 0 Å². The monoisotopic (exact) mass is 312 g/mol. The van der Waals surface area contributed by atoms with Gasteiger partial charge in [-0.3, -0.25) is 0 Å². The standard InChI is InChI=1S/C14H16O4S2/c1-10(2)20(17,18)14-7-5-11-8-13(19(3,15)16)6-4-12(11)9-14/h4-10H,1-3H3. The summed E-state index contributed by atoms with van der Waals surface area (Å²) in [5.74, 6) is 0. The minimum Gasteiger partial charge on any atom is -0.224 e. The lowest BCUT2D eigenvalue weighted by Gasteiger charge is -2.09. The molecule has 0 heterocycles. The fourth-order valence-electron chi connectivity index (χ4n) is 1.88. The highest BCUT2D eigenvalue weighted by Gasteiger charge is 2.19. The molecule has 0 radical (unpaired) electrons. The Labute approximate surface area is 119 Å². The van der Waals surface area contributed by atoms with Crippen LogP contribution in [0, 0.1) is 0 Å². The number of benzene rings is 2. The molecule has 0 amide bonds. The van der Waals surface area contributed by atoms with Crippen LogP contribution in [0.4, 0.5) is 0 Å². The second kappa shape index (κ2) is 4.86. The predicted octanol–water partition coefficient (Wildman–Crippen LogP) is 2.43. The van der Waals surface area contributed by atoms with Crippen molar-refractivity contribution < 1.29 is 16.8 Å². The van der Waals surface area contributed by atoms with E-state index in [1.807, 2.05) is 0 Å². The van der Waals surface area contributed by atoms with E-state index in [0.29, 0.717) is 10.8 Å². The van der Waals surface area contributed by atoms with Crippen molar-refractivity contribution in [1.29, 1.82) is 0 Å². The molecule has 0 saturated carbocycles. The first kappa shape index (κ1) is 15.0. The molecule has 6 heteroatoms. The molecule has 0 aromatic heterocycles. The van der Waals surface area contributed by atoms with Gasteiger partial charge in [-0.15, -0.1) is 0 Å². The normalized spacial score (nSPS) is 13.0. The van der Waals surface area contributed by atoms with Gasteiger partial charge in [0.25, 0.3) is 0 Å². The highest BCUT2D eigenvalue weighted by molar-refractivity contribution is 7.92. The minimum atomic E-state index is -3.33. The van der Waals surface area contributed by atoms with Crippen molar-refractivity contribution in [3.8, 4) is 0 Å². The van der Waals surface area contributed by atoms with E-state index in [4.69, 9.17) is 0 Å². The van der Waals surface area contributed by atoms with Gasteiger partial charge in [0.2, 0.25) is 0 Å². The zero-order chi connectivity index (χ0) is 15.1. The Hall–Kier alpha value is -1.40. The highest BCUT2D eigenvalue weighted by Crippen LogP contribution is 2.24. The van der Waals surface area contributed by atoms with Crippen LogP contribution in [0.15, 0.2) is 46.2 Å². The lowest BCUT2D eigenvalue weighted by Crippen LogP contribution is -2.13. The first-order valence-electron chi connectivity index (χ1n) is 6.10. The van der Waals surface area contributed by atoms with Crippen LogP contribution >= 0.6 is 0 Å². The van der Waals surface area contributed by atoms with Crippen LogP contribution in [0.1, 0.15) is 13.8 Å². The second-order valence-corrected chi connectivity index (χ2v) is 9.56. The molecule has 2 aromatic rings. The average Bonchev–Trinajstić information content (AvgIpc) is 2.36. The molecule has 0 spiro atoms. The van der Waals surface area contributed by atoms with Crippen molar-refractivity contribution in [2.75, 3.05) is 6.26 Å². The average molecular weight is 312 g/mol. The van der Waals surface area contributed by atoms with Crippen LogP contribution in [-0.4, -0.2) is 28.3 Å². The Morgan fingerprint density at radius 2 is 1.25 bits per heavy atom. The molecule has 108 valence electrons. The lowest BCUT2D eigenvalue weighted by molar-refractivity contribution is 0.587. The van der Waals surface area contributed by atoms with Gasteiger partial charge in [0.05, 0.1) is 15.0 Å². The lowest BCUT2D eigenvalue weighted by atomic mass is 10.1. The molecule has 0 N–H and O–H groups in total. The Kier molecular flexibility index (Phi) is 3.64. The van der Waals surface area contributed by atoms with E-state index in [2.05, 4.69) is 0 Å². The molecule has 2 aromatic carbocycles. The first-order valence-corrected chi connectivity index (χ1v) is 9.54. The Balaban J connectivity index is 2.64. The van der Waals surface area contributed by atoms with Crippen molar-refractivity contribution >= 4 is 30.4 Å². The summed E-state index contributed by atoms with van der Waals surface area (Å²) in [5.41, 5.74) is 0. The smallest absolute Gasteiger partial charge is 0.180 e. The molecule has 0 saturated heterocycles. The SMILES string of the molecule is CC(C)S(=O)(=O)c1ccc2cc(S(C)(=O)=O)ccc2c1. The first-order chi connectivity index (χ1) is 9.12.